The van der Waals surface area contributed by atoms with Crippen LogP contribution in [0, 0.1) is 18.3 Å². The van der Waals surface area contributed by atoms with Crippen molar-refractivity contribution in [2.45, 2.75) is 13.5 Å². The molecule has 128 valence electrons. The quantitative estimate of drug-likeness (QED) is 0.741. The average Bonchev–Trinajstić information content (AvgIpc) is 2.68. The van der Waals surface area contributed by atoms with Gasteiger partial charge in [-0.2, -0.15) is 5.26 Å². The highest BCUT2D eigenvalue weighted by molar-refractivity contribution is 5.92. The fraction of sp³-hybridized carbons (Fsp3) is 0.100. The Kier molecular flexibility index (Phi) is 5.20. The first-order valence-electron chi connectivity index (χ1n) is 8.08. The van der Waals surface area contributed by atoms with Gasteiger partial charge in [0, 0.05) is 12.7 Å². The SMILES string of the molecule is Cc1ccc(CNC(=O)c2ccnc(Nc3ccccc3C#N)n2)cc1. The Balaban J connectivity index is 1.69. The van der Waals surface area contributed by atoms with E-state index in [4.69, 9.17) is 5.26 Å². The maximum atomic E-state index is 12.3. The molecule has 0 fully saturated rings. The number of rotatable bonds is 5. The second kappa shape index (κ2) is 7.90. The van der Waals surface area contributed by atoms with E-state index in [-0.39, 0.29) is 17.5 Å². The number of amides is 1. The van der Waals surface area contributed by atoms with E-state index >= 15 is 0 Å². The van der Waals surface area contributed by atoms with Gasteiger partial charge in [-0.15, -0.1) is 0 Å². The van der Waals surface area contributed by atoms with Crippen molar-refractivity contribution in [3.05, 3.63) is 83.2 Å². The van der Waals surface area contributed by atoms with Crippen LogP contribution >= 0.6 is 0 Å². The number of hydrogen-bond acceptors (Lipinski definition) is 5. The van der Waals surface area contributed by atoms with Crippen molar-refractivity contribution < 1.29 is 4.79 Å². The molecule has 6 heteroatoms. The van der Waals surface area contributed by atoms with Gasteiger partial charge in [-0.3, -0.25) is 4.79 Å². The molecule has 0 aliphatic rings. The van der Waals surface area contributed by atoms with Crippen LogP contribution in [0.2, 0.25) is 0 Å². The minimum atomic E-state index is -0.287. The Morgan fingerprint density at radius 3 is 2.65 bits per heavy atom. The number of aryl methyl sites for hydroxylation is 1. The molecule has 2 aromatic carbocycles. The normalized spacial score (nSPS) is 10.0. The lowest BCUT2D eigenvalue weighted by Crippen LogP contribution is -2.24. The highest BCUT2D eigenvalue weighted by Gasteiger charge is 2.10. The largest absolute Gasteiger partial charge is 0.347 e. The zero-order chi connectivity index (χ0) is 18.4. The monoisotopic (exact) mass is 343 g/mol. The van der Waals surface area contributed by atoms with Crippen molar-refractivity contribution in [2.24, 2.45) is 0 Å². The molecule has 0 atom stereocenters. The van der Waals surface area contributed by atoms with Crippen molar-refractivity contribution >= 4 is 17.5 Å². The molecule has 0 unspecified atom stereocenters. The van der Waals surface area contributed by atoms with Crippen molar-refractivity contribution in [3.63, 3.8) is 0 Å². The molecule has 0 radical (unpaired) electrons. The maximum Gasteiger partial charge on any atom is 0.270 e. The Morgan fingerprint density at radius 1 is 1.12 bits per heavy atom. The van der Waals surface area contributed by atoms with Gasteiger partial charge in [0.05, 0.1) is 11.3 Å². The fourth-order valence-electron chi connectivity index (χ4n) is 2.33. The molecular weight excluding hydrogens is 326 g/mol. The Labute approximate surface area is 151 Å². The van der Waals surface area contributed by atoms with Crippen molar-refractivity contribution in [1.29, 1.82) is 5.26 Å². The first-order valence-corrected chi connectivity index (χ1v) is 8.08. The number of hydrogen-bond donors (Lipinski definition) is 2. The summed E-state index contributed by atoms with van der Waals surface area (Å²) in [4.78, 5) is 20.7. The van der Waals surface area contributed by atoms with E-state index in [9.17, 15) is 4.79 Å². The maximum absolute atomic E-state index is 12.3. The highest BCUT2D eigenvalue weighted by Crippen LogP contribution is 2.17. The topological polar surface area (TPSA) is 90.7 Å². The van der Waals surface area contributed by atoms with Crippen LogP contribution in [-0.4, -0.2) is 15.9 Å². The molecule has 1 aromatic heterocycles. The fourth-order valence-corrected chi connectivity index (χ4v) is 2.33. The molecule has 26 heavy (non-hydrogen) atoms. The third-order valence-corrected chi connectivity index (χ3v) is 3.76. The van der Waals surface area contributed by atoms with E-state index in [2.05, 4.69) is 26.7 Å². The van der Waals surface area contributed by atoms with Gasteiger partial charge in [0.2, 0.25) is 5.95 Å². The highest BCUT2D eigenvalue weighted by atomic mass is 16.1. The molecule has 3 rings (SSSR count). The number of anilines is 2. The number of nitrogens with one attached hydrogen (secondary N) is 2. The van der Waals surface area contributed by atoms with Crippen LogP contribution in [-0.2, 0) is 6.54 Å². The van der Waals surface area contributed by atoms with Gasteiger partial charge in [0.25, 0.3) is 5.91 Å². The molecule has 0 saturated carbocycles. The van der Waals surface area contributed by atoms with Gasteiger partial charge < -0.3 is 10.6 Å². The van der Waals surface area contributed by atoms with E-state index in [1.807, 2.05) is 31.2 Å². The van der Waals surface area contributed by atoms with Gasteiger partial charge in [-0.05, 0) is 30.7 Å². The molecule has 0 saturated heterocycles. The molecule has 0 aliphatic carbocycles. The van der Waals surface area contributed by atoms with E-state index in [1.54, 1.807) is 30.3 Å². The van der Waals surface area contributed by atoms with Gasteiger partial charge in [0.1, 0.15) is 11.8 Å². The lowest BCUT2D eigenvalue weighted by Gasteiger charge is -2.08. The molecule has 6 nitrogen and oxygen atoms in total. The van der Waals surface area contributed by atoms with Crippen molar-refractivity contribution in [2.75, 3.05) is 5.32 Å². The lowest BCUT2D eigenvalue weighted by molar-refractivity contribution is 0.0946. The smallest absolute Gasteiger partial charge is 0.270 e. The number of carbonyl (C=O) groups is 1. The summed E-state index contributed by atoms with van der Waals surface area (Å²) in [6.45, 7) is 2.44. The lowest BCUT2D eigenvalue weighted by atomic mass is 10.1. The average molecular weight is 343 g/mol. The van der Waals surface area contributed by atoms with Gasteiger partial charge in [-0.1, -0.05) is 42.0 Å². The summed E-state index contributed by atoms with van der Waals surface area (Å²) in [6.07, 6.45) is 1.51. The summed E-state index contributed by atoms with van der Waals surface area (Å²) in [5.74, 6) is -0.0275. The second-order valence-electron chi connectivity index (χ2n) is 5.72. The molecule has 1 heterocycles. The summed E-state index contributed by atoms with van der Waals surface area (Å²) in [6, 6.07) is 18.6. The Morgan fingerprint density at radius 2 is 1.88 bits per heavy atom. The van der Waals surface area contributed by atoms with Gasteiger partial charge in [0.15, 0.2) is 0 Å². The van der Waals surface area contributed by atoms with E-state index in [0.29, 0.717) is 17.8 Å². The van der Waals surface area contributed by atoms with Crippen molar-refractivity contribution in [3.8, 4) is 6.07 Å². The molecule has 0 aliphatic heterocycles. The van der Waals surface area contributed by atoms with Crippen LogP contribution in [0.4, 0.5) is 11.6 Å². The Hall–Kier alpha value is -3.72. The second-order valence-corrected chi connectivity index (χ2v) is 5.72. The summed E-state index contributed by atoms with van der Waals surface area (Å²) >= 11 is 0. The summed E-state index contributed by atoms with van der Waals surface area (Å²) in [7, 11) is 0. The van der Waals surface area contributed by atoms with Crippen molar-refractivity contribution in [1.82, 2.24) is 15.3 Å². The third kappa shape index (κ3) is 4.22. The molecule has 1 amide bonds. The summed E-state index contributed by atoms with van der Waals surface area (Å²) in [5.41, 5.74) is 3.50. The predicted molar refractivity (Wildman–Crippen MR) is 98.8 cm³/mol. The zero-order valence-corrected chi connectivity index (χ0v) is 14.2. The molecule has 0 spiro atoms. The molecule has 0 bridgehead atoms. The number of aromatic nitrogens is 2. The van der Waals surface area contributed by atoms with Crippen LogP contribution in [0.1, 0.15) is 27.2 Å². The number of para-hydroxylation sites is 1. The Bertz CT molecular complexity index is 960. The predicted octanol–water partition coefficient (Wildman–Crippen LogP) is 3.33. The van der Waals surface area contributed by atoms with Gasteiger partial charge >= 0.3 is 0 Å². The van der Waals surface area contributed by atoms with Crippen LogP contribution in [0.5, 0.6) is 0 Å². The molecule has 2 N–H and O–H groups in total. The zero-order valence-electron chi connectivity index (χ0n) is 14.2. The first kappa shape index (κ1) is 17.1. The number of nitriles is 1. The molecular formula is C20H17N5O. The first-order chi connectivity index (χ1) is 12.7. The third-order valence-electron chi connectivity index (χ3n) is 3.76. The minimum absolute atomic E-state index is 0.254. The van der Waals surface area contributed by atoms with Crippen LogP contribution in [0.3, 0.4) is 0 Å². The van der Waals surface area contributed by atoms with Crippen LogP contribution < -0.4 is 10.6 Å². The van der Waals surface area contributed by atoms with E-state index in [0.717, 1.165) is 5.56 Å². The molecule has 3 aromatic rings. The van der Waals surface area contributed by atoms with E-state index < -0.39 is 0 Å². The van der Waals surface area contributed by atoms with Crippen LogP contribution in [0.25, 0.3) is 0 Å². The minimum Gasteiger partial charge on any atom is -0.347 e. The standard InChI is InChI=1S/C20H17N5O/c1-14-6-8-15(9-7-14)13-23-19(26)18-10-11-22-20(25-18)24-17-5-3-2-4-16(17)12-21/h2-11H,13H2,1H3,(H,23,26)(H,22,24,25). The summed E-state index contributed by atoms with van der Waals surface area (Å²) in [5, 5.41) is 15.0. The number of benzene rings is 2. The van der Waals surface area contributed by atoms with Gasteiger partial charge in [-0.25, -0.2) is 9.97 Å². The number of nitrogens with zero attached hydrogens (tertiary/aromatic N) is 3. The number of carbonyl (C=O) groups excluding carboxylic acids is 1. The summed E-state index contributed by atoms with van der Waals surface area (Å²) < 4.78 is 0. The van der Waals surface area contributed by atoms with E-state index in [1.165, 1.54) is 11.8 Å². The van der Waals surface area contributed by atoms with Crippen LogP contribution in [0.15, 0.2) is 60.8 Å².